The lowest BCUT2D eigenvalue weighted by Gasteiger charge is -2.11. The van der Waals surface area contributed by atoms with E-state index in [9.17, 15) is 0 Å². The zero-order valence-corrected chi connectivity index (χ0v) is 6.45. The van der Waals surface area contributed by atoms with Gasteiger partial charge >= 0.3 is 0 Å². The molecule has 0 saturated heterocycles. The van der Waals surface area contributed by atoms with Gasteiger partial charge in [0.2, 0.25) is 0 Å². The Morgan fingerprint density at radius 3 is 2.82 bits per heavy atom. The highest BCUT2D eigenvalue weighted by molar-refractivity contribution is 5.89. The minimum absolute atomic E-state index is 0.137. The second-order valence-electron chi connectivity index (χ2n) is 2.87. The third kappa shape index (κ3) is 2.17. The van der Waals surface area contributed by atoms with E-state index >= 15 is 0 Å². The number of hydroxylamine groups is 1. The van der Waals surface area contributed by atoms with E-state index in [0.29, 0.717) is 5.71 Å². The predicted octanol–water partition coefficient (Wildman–Crippen LogP) is 1.13. The van der Waals surface area contributed by atoms with Crippen LogP contribution < -0.4 is 5.48 Å². The largest absolute Gasteiger partial charge is 0.411 e. The molecule has 4 heteroatoms. The van der Waals surface area contributed by atoms with Gasteiger partial charge in [0.15, 0.2) is 0 Å². The molecular weight excluding hydrogens is 144 g/mol. The first-order valence-corrected chi connectivity index (χ1v) is 3.99. The maximum absolute atomic E-state index is 8.68. The number of nitrogens with one attached hydrogen (secondary N) is 1. The molecule has 0 spiro atoms. The molecule has 1 atom stereocenters. The lowest BCUT2D eigenvalue weighted by atomic mass is 10.1. The SMILES string of the molecule is O/N=C1/CCCCCC1NO. The molecule has 3 N–H and O–H groups in total. The summed E-state index contributed by atoms with van der Waals surface area (Å²) in [5.74, 6) is 0. The summed E-state index contributed by atoms with van der Waals surface area (Å²) in [6, 6.07) is -0.137. The van der Waals surface area contributed by atoms with Gasteiger partial charge in [-0.1, -0.05) is 18.0 Å². The fraction of sp³-hybridized carbons (Fsp3) is 0.857. The van der Waals surface area contributed by atoms with Gasteiger partial charge in [-0.2, -0.15) is 5.48 Å². The summed E-state index contributed by atoms with van der Waals surface area (Å²) in [5.41, 5.74) is 2.83. The average molecular weight is 158 g/mol. The molecule has 0 amide bonds. The lowest BCUT2D eigenvalue weighted by Crippen LogP contribution is -2.33. The zero-order chi connectivity index (χ0) is 8.10. The molecule has 0 bridgehead atoms. The van der Waals surface area contributed by atoms with Crippen LogP contribution in [0, 0.1) is 0 Å². The van der Waals surface area contributed by atoms with E-state index < -0.39 is 0 Å². The van der Waals surface area contributed by atoms with Gasteiger partial charge in [-0.3, -0.25) is 0 Å². The minimum Gasteiger partial charge on any atom is -0.411 e. The van der Waals surface area contributed by atoms with Gasteiger partial charge in [0, 0.05) is 0 Å². The van der Waals surface area contributed by atoms with E-state index in [4.69, 9.17) is 10.4 Å². The molecular formula is C7H14N2O2. The lowest BCUT2D eigenvalue weighted by molar-refractivity contribution is 0.144. The topological polar surface area (TPSA) is 64.9 Å². The highest BCUT2D eigenvalue weighted by atomic mass is 16.5. The maximum atomic E-state index is 8.68. The third-order valence-corrected chi connectivity index (χ3v) is 2.11. The summed E-state index contributed by atoms with van der Waals surface area (Å²) in [4.78, 5) is 0. The summed E-state index contributed by atoms with van der Waals surface area (Å²) in [6.45, 7) is 0. The molecule has 1 aliphatic carbocycles. The van der Waals surface area contributed by atoms with Crippen molar-refractivity contribution in [2.75, 3.05) is 0 Å². The number of oxime groups is 1. The number of rotatable bonds is 1. The molecule has 0 aromatic rings. The van der Waals surface area contributed by atoms with Gasteiger partial charge < -0.3 is 10.4 Å². The summed E-state index contributed by atoms with van der Waals surface area (Å²) < 4.78 is 0. The van der Waals surface area contributed by atoms with E-state index in [1.807, 2.05) is 0 Å². The minimum atomic E-state index is -0.137. The van der Waals surface area contributed by atoms with Crippen LogP contribution in [0.2, 0.25) is 0 Å². The van der Waals surface area contributed by atoms with E-state index in [2.05, 4.69) is 10.6 Å². The van der Waals surface area contributed by atoms with Crippen LogP contribution in [0.1, 0.15) is 32.1 Å². The Balaban J connectivity index is 2.55. The Morgan fingerprint density at radius 1 is 1.36 bits per heavy atom. The van der Waals surface area contributed by atoms with Crippen LogP contribution >= 0.6 is 0 Å². The van der Waals surface area contributed by atoms with Gasteiger partial charge in [-0.05, 0) is 19.3 Å². The Bertz CT molecular complexity index is 147. The smallest absolute Gasteiger partial charge is 0.0763 e. The summed E-state index contributed by atoms with van der Waals surface area (Å²) >= 11 is 0. The second-order valence-corrected chi connectivity index (χ2v) is 2.87. The molecule has 1 aliphatic rings. The van der Waals surface area contributed by atoms with Gasteiger partial charge in [-0.15, -0.1) is 0 Å². The van der Waals surface area contributed by atoms with Crippen molar-refractivity contribution in [1.29, 1.82) is 0 Å². The van der Waals surface area contributed by atoms with Gasteiger partial charge in [0.1, 0.15) is 0 Å². The van der Waals surface area contributed by atoms with E-state index in [-0.39, 0.29) is 6.04 Å². The van der Waals surface area contributed by atoms with Crippen molar-refractivity contribution in [3.63, 3.8) is 0 Å². The molecule has 0 heterocycles. The third-order valence-electron chi connectivity index (χ3n) is 2.11. The van der Waals surface area contributed by atoms with Crippen LogP contribution in [0.3, 0.4) is 0 Å². The molecule has 1 fully saturated rings. The average Bonchev–Trinajstić information content (AvgIpc) is 2.27. The Labute approximate surface area is 65.9 Å². The van der Waals surface area contributed by atoms with Crippen LogP contribution in [-0.4, -0.2) is 22.2 Å². The first-order valence-electron chi connectivity index (χ1n) is 3.99. The van der Waals surface area contributed by atoms with Crippen LogP contribution in [0.15, 0.2) is 5.16 Å². The molecule has 1 unspecified atom stereocenters. The summed E-state index contributed by atoms with van der Waals surface area (Å²) in [6.07, 6.45) is 4.93. The first kappa shape index (κ1) is 8.49. The number of hydrogen-bond acceptors (Lipinski definition) is 4. The Hall–Kier alpha value is -0.610. The molecule has 4 nitrogen and oxygen atoms in total. The quantitative estimate of drug-likeness (QED) is 0.304. The molecule has 1 rings (SSSR count). The van der Waals surface area contributed by atoms with Crippen molar-refractivity contribution >= 4 is 5.71 Å². The van der Waals surface area contributed by atoms with Crippen molar-refractivity contribution in [1.82, 2.24) is 5.48 Å². The Kier molecular flexibility index (Phi) is 3.32. The normalized spacial score (nSPS) is 30.3. The highest BCUT2D eigenvalue weighted by Gasteiger charge is 2.17. The number of nitrogens with zero attached hydrogens (tertiary/aromatic N) is 1. The van der Waals surface area contributed by atoms with Crippen molar-refractivity contribution in [3.8, 4) is 0 Å². The standard InChI is InChI=1S/C7H14N2O2/c10-8-6-4-2-1-3-5-7(6)9-11/h6,8,10-11H,1-5H2/b9-7-. The molecule has 0 aromatic carbocycles. The van der Waals surface area contributed by atoms with E-state index in [0.717, 1.165) is 32.1 Å². The number of hydrogen-bond donors (Lipinski definition) is 3. The molecule has 1 saturated carbocycles. The molecule has 0 aromatic heterocycles. The predicted molar refractivity (Wildman–Crippen MR) is 41.0 cm³/mol. The molecule has 64 valence electrons. The van der Waals surface area contributed by atoms with Gasteiger partial charge in [0.05, 0.1) is 11.8 Å². The van der Waals surface area contributed by atoms with Crippen LogP contribution in [0.5, 0.6) is 0 Å². The van der Waals surface area contributed by atoms with Crippen LogP contribution in [0.4, 0.5) is 0 Å². The maximum Gasteiger partial charge on any atom is 0.0763 e. The molecule has 0 aliphatic heterocycles. The van der Waals surface area contributed by atoms with Crippen molar-refractivity contribution < 1.29 is 10.4 Å². The van der Waals surface area contributed by atoms with Crippen LogP contribution in [0.25, 0.3) is 0 Å². The van der Waals surface area contributed by atoms with Gasteiger partial charge in [0.25, 0.3) is 0 Å². The molecule has 11 heavy (non-hydrogen) atoms. The van der Waals surface area contributed by atoms with Gasteiger partial charge in [-0.25, -0.2) is 0 Å². The summed E-state index contributed by atoms with van der Waals surface area (Å²) in [7, 11) is 0. The van der Waals surface area contributed by atoms with E-state index in [1.165, 1.54) is 0 Å². The fourth-order valence-electron chi connectivity index (χ4n) is 1.43. The van der Waals surface area contributed by atoms with E-state index in [1.54, 1.807) is 0 Å². The van der Waals surface area contributed by atoms with Crippen LogP contribution in [-0.2, 0) is 0 Å². The fourth-order valence-corrected chi connectivity index (χ4v) is 1.43. The highest BCUT2D eigenvalue weighted by Crippen LogP contribution is 2.15. The monoisotopic (exact) mass is 158 g/mol. The Morgan fingerprint density at radius 2 is 2.18 bits per heavy atom. The van der Waals surface area contributed by atoms with Crippen molar-refractivity contribution in [3.05, 3.63) is 0 Å². The summed E-state index contributed by atoms with van der Waals surface area (Å²) in [5, 5.41) is 20.4. The molecule has 0 radical (unpaired) electrons. The second kappa shape index (κ2) is 4.31. The first-order chi connectivity index (χ1) is 5.38. The van der Waals surface area contributed by atoms with Crippen molar-refractivity contribution in [2.24, 2.45) is 5.16 Å². The van der Waals surface area contributed by atoms with Crippen molar-refractivity contribution in [2.45, 2.75) is 38.1 Å². The zero-order valence-electron chi connectivity index (χ0n) is 6.45.